The van der Waals surface area contributed by atoms with E-state index < -0.39 is 17.7 Å². The lowest BCUT2D eigenvalue weighted by Crippen LogP contribution is -2.27. The molecule has 0 fully saturated rings. The number of carboxylic acids is 1. The Morgan fingerprint density at radius 1 is 1.15 bits per heavy atom. The van der Waals surface area contributed by atoms with Crippen molar-refractivity contribution in [2.75, 3.05) is 11.1 Å². The van der Waals surface area contributed by atoms with E-state index >= 15 is 0 Å². The summed E-state index contributed by atoms with van der Waals surface area (Å²) in [6.45, 7) is 5.45. The summed E-state index contributed by atoms with van der Waals surface area (Å²) in [6, 6.07) is 14.4. The molecule has 176 valence electrons. The fraction of sp³-hybridized carbons (Fsp3) is 0.167. The van der Waals surface area contributed by atoms with Crippen LogP contribution in [0.25, 0.3) is 16.3 Å². The molecule has 3 aromatic heterocycles. The van der Waals surface area contributed by atoms with E-state index in [0.29, 0.717) is 17.2 Å². The molecule has 0 aliphatic rings. The van der Waals surface area contributed by atoms with E-state index in [1.165, 1.54) is 12.3 Å². The Morgan fingerprint density at radius 2 is 1.94 bits per heavy atom. The minimum Gasteiger partial charge on any atom is -0.478 e. The number of nitrogens with one attached hydrogen (secondary N) is 1. The van der Waals surface area contributed by atoms with Crippen molar-refractivity contribution in [1.82, 2.24) is 14.8 Å². The predicted octanol–water partition coefficient (Wildman–Crippen LogP) is 5.31. The highest BCUT2D eigenvalue weighted by atomic mass is 32.1. The van der Waals surface area contributed by atoms with Crippen molar-refractivity contribution in [3.8, 4) is 16.3 Å². The Bertz CT molecular complexity index is 1230. The number of amides is 1. The second-order valence-corrected chi connectivity index (χ2v) is 9.01. The summed E-state index contributed by atoms with van der Waals surface area (Å²) < 4.78 is 6.76. The molecule has 0 aliphatic carbocycles. The highest BCUT2D eigenvalue weighted by molar-refractivity contribution is 7.13. The van der Waals surface area contributed by atoms with E-state index in [-0.39, 0.29) is 5.56 Å². The van der Waals surface area contributed by atoms with Gasteiger partial charge in [0.1, 0.15) is 5.60 Å². The molecule has 4 aromatic rings. The molecule has 9 nitrogen and oxygen atoms in total. The highest BCUT2D eigenvalue weighted by Crippen LogP contribution is 2.30. The van der Waals surface area contributed by atoms with Gasteiger partial charge < -0.3 is 15.6 Å². The molecule has 0 saturated heterocycles. The summed E-state index contributed by atoms with van der Waals surface area (Å²) in [6.07, 6.45) is 4.17. The zero-order valence-corrected chi connectivity index (χ0v) is 19.7. The minimum absolute atomic E-state index is 0.168. The van der Waals surface area contributed by atoms with Crippen LogP contribution in [0.2, 0.25) is 0 Å². The van der Waals surface area contributed by atoms with Crippen molar-refractivity contribution in [1.29, 1.82) is 0 Å². The van der Waals surface area contributed by atoms with Crippen LogP contribution in [0, 0.1) is 0 Å². The Labute approximate surface area is 200 Å². The monoisotopic (exact) mass is 479 g/mol. The Morgan fingerprint density at radius 3 is 2.47 bits per heavy atom. The van der Waals surface area contributed by atoms with Crippen LogP contribution in [-0.2, 0) is 4.74 Å². The number of pyridine rings is 1. The third-order valence-electron chi connectivity index (χ3n) is 4.23. The van der Waals surface area contributed by atoms with E-state index in [0.717, 1.165) is 10.4 Å². The number of thiophene rings is 1. The number of aromatic nitrogens is 3. The summed E-state index contributed by atoms with van der Waals surface area (Å²) in [5, 5.41) is 17.3. The lowest BCUT2D eigenvalue weighted by molar-refractivity contribution is 0.0634. The lowest BCUT2D eigenvalue weighted by Gasteiger charge is -2.20. The first kappa shape index (κ1) is 24.5. The molecular formula is C24H25N5O4S. The number of nitrogen functional groups attached to an aromatic ring is 1. The van der Waals surface area contributed by atoms with Crippen LogP contribution in [0.4, 0.5) is 16.2 Å². The quantitative estimate of drug-likeness (QED) is 0.338. The molecule has 0 radical (unpaired) electrons. The summed E-state index contributed by atoms with van der Waals surface area (Å²) in [5.74, 6) is -0.385. The molecule has 0 saturated carbocycles. The maximum atomic E-state index is 11.7. The van der Waals surface area contributed by atoms with Crippen LogP contribution in [0.15, 0.2) is 72.5 Å². The largest absolute Gasteiger partial charge is 0.478 e. The van der Waals surface area contributed by atoms with Gasteiger partial charge in [0.25, 0.3) is 0 Å². The Kier molecular flexibility index (Phi) is 7.64. The number of carboxylic acid groups (broad SMARTS) is 1. The van der Waals surface area contributed by atoms with Crippen LogP contribution in [-0.4, -0.2) is 37.5 Å². The van der Waals surface area contributed by atoms with Gasteiger partial charge in [0.15, 0.2) is 5.82 Å². The normalized spacial score (nSPS) is 10.7. The molecule has 4 N–H and O–H groups in total. The maximum Gasteiger partial charge on any atom is 0.412 e. The lowest BCUT2D eigenvalue weighted by atomic mass is 10.1. The SMILES string of the molecule is CC(C)(C)OC(=O)Nc1ccc(-c2cccs2)cc1N.O=C(O)c1ccc(-n2cccn2)nc1. The number of ether oxygens (including phenoxy) is 1. The van der Waals surface area contributed by atoms with Crippen molar-refractivity contribution in [3.63, 3.8) is 0 Å². The zero-order valence-electron chi connectivity index (χ0n) is 18.9. The van der Waals surface area contributed by atoms with Crippen LogP contribution < -0.4 is 11.1 Å². The van der Waals surface area contributed by atoms with E-state index in [1.807, 2.05) is 50.4 Å². The Balaban J connectivity index is 0.000000202. The molecule has 0 atom stereocenters. The highest BCUT2D eigenvalue weighted by Gasteiger charge is 2.17. The average Bonchev–Trinajstić information content (AvgIpc) is 3.49. The van der Waals surface area contributed by atoms with E-state index in [1.54, 1.807) is 46.6 Å². The number of hydrogen-bond donors (Lipinski definition) is 3. The first-order chi connectivity index (χ1) is 16.1. The van der Waals surface area contributed by atoms with Crippen molar-refractivity contribution in [2.45, 2.75) is 26.4 Å². The molecule has 0 aliphatic heterocycles. The second kappa shape index (κ2) is 10.6. The molecule has 1 amide bonds. The fourth-order valence-corrected chi connectivity index (χ4v) is 3.46. The van der Waals surface area contributed by atoms with Crippen molar-refractivity contribution in [2.24, 2.45) is 0 Å². The van der Waals surface area contributed by atoms with Gasteiger partial charge in [-0.25, -0.2) is 19.3 Å². The number of benzene rings is 1. The first-order valence-corrected chi connectivity index (χ1v) is 11.1. The van der Waals surface area contributed by atoms with Gasteiger partial charge in [-0.2, -0.15) is 5.10 Å². The number of hydrogen-bond acceptors (Lipinski definition) is 7. The van der Waals surface area contributed by atoms with Gasteiger partial charge in [0.05, 0.1) is 16.9 Å². The summed E-state index contributed by atoms with van der Waals surface area (Å²) in [7, 11) is 0. The molecule has 0 unspecified atom stereocenters. The average molecular weight is 480 g/mol. The second-order valence-electron chi connectivity index (χ2n) is 8.07. The van der Waals surface area contributed by atoms with Crippen molar-refractivity contribution in [3.05, 3.63) is 78.1 Å². The molecule has 3 heterocycles. The number of carbonyl (C=O) groups is 2. The summed E-state index contributed by atoms with van der Waals surface area (Å²) in [4.78, 5) is 27.3. The molecule has 10 heteroatoms. The van der Waals surface area contributed by atoms with Gasteiger partial charge in [-0.05, 0) is 68.1 Å². The van der Waals surface area contributed by atoms with E-state index in [4.69, 9.17) is 15.6 Å². The van der Waals surface area contributed by atoms with E-state index in [2.05, 4.69) is 15.4 Å². The van der Waals surface area contributed by atoms with Crippen LogP contribution in [0.1, 0.15) is 31.1 Å². The molecule has 34 heavy (non-hydrogen) atoms. The molecule has 0 spiro atoms. The topological polar surface area (TPSA) is 132 Å². The first-order valence-electron chi connectivity index (χ1n) is 10.2. The standard InChI is InChI=1S/C15H18N2O2S.C9H7N3O2/c1-15(2,3)19-14(18)17-12-7-6-10(9-11(12)16)13-5-4-8-20-13;13-9(14)7-2-3-8(10-6-7)12-5-1-4-11-12/h4-9H,16H2,1-3H3,(H,17,18);1-6H,(H,13,14). The van der Waals surface area contributed by atoms with Gasteiger partial charge in [-0.3, -0.25) is 5.32 Å². The van der Waals surface area contributed by atoms with Gasteiger partial charge in [0, 0.05) is 23.5 Å². The van der Waals surface area contributed by atoms with Gasteiger partial charge in [-0.15, -0.1) is 11.3 Å². The van der Waals surface area contributed by atoms with E-state index in [9.17, 15) is 9.59 Å². The summed E-state index contributed by atoms with van der Waals surface area (Å²) >= 11 is 1.64. The van der Waals surface area contributed by atoms with Gasteiger partial charge in [0.2, 0.25) is 0 Å². The predicted molar refractivity (Wildman–Crippen MR) is 132 cm³/mol. The molecule has 4 rings (SSSR count). The number of nitrogens with two attached hydrogens (primary N) is 1. The van der Waals surface area contributed by atoms with Crippen LogP contribution >= 0.6 is 11.3 Å². The van der Waals surface area contributed by atoms with Gasteiger partial charge in [-0.1, -0.05) is 12.1 Å². The zero-order chi connectivity index (χ0) is 24.7. The third kappa shape index (κ3) is 6.91. The Hall–Kier alpha value is -4.18. The molecule has 0 bridgehead atoms. The van der Waals surface area contributed by atoms with Crippen molar-refractivity contribution >= 4 is 34.8 Å². The van der Waals surface area contributed by atoms with Crippen LogP contribution in [0.3, 0.4) is 0 Å². The smallest absolute Gasteiger partial charge is 0.412 e. The van der Waals surface area contributed by atoms with Gasteiger partial charge >= 0.3 is 12.1 Å². The molecule has 1 aromatic carbocycles. The number of aromatic carboxylic acids is 1. The number of anilines is 2. The fourth-order valence-electron chi connectivity index (χ4n) is 2.74. The minimum atomic E-state index is -0.982. The number of nitrogens with zero attached hydrogens (tertiary/aromatic N) is 3. The summed E-state index contributed by atoms with van der Waals surface area (Å²) in [5.41, 5.74) is 7.71. The number of rotatable bonds is 4. The number of carbonyl (C=O) groups excluding carboxylic acids is 1. The van der Waals surface area contributed by atoms with Crippen LogP contribution in [0.5, 0.6) is 0 Å². The molecular weight excluding hydrogens is 454 g/mol. The third-order valence-corrected chi connectivity index (χ3v) is 5.15. The maximum absolute atomic E-state index is 11.7. The van der Waals surface area contributed by atoms with Crippen molar-refractivity contribution < 1.29 is 19.4 Å².